The Bertz CT molecular complexity index is 223. The number of nitrogens with two attached hydrogens (primary N) is 1. The highest BCUT2D eigenvalue weighted by atomic mass is 15.3. The summed E-state index contributed by atoms with van der Waals surface area (Å²) >= 11 is 0. The van der Waals surface area contributed by atoms with Crippen LogP contribution in [0.15, 0.2) is 4.99 Å². The number of piperidine rings is 1. The first-order valence-electron chi connectivity index (χ1n) is 6.94. The molecule has 0 unspecified atom stereocenters. The van der Waals surface area contributed by atoms with E-state index in [1.165, 1.54) is 57.8 Å². The van der Waals surface area contributed by atoms with Crippen molar-refractivity contribution >= 4 is 5.96 Å². The van der Waals surface area contributed by atoms with Crippen molar-refractivity contribution in [2.24, 2.45) is 10.7 Å². The van der Waals surface area contributed by atoms with Crippen molar-refractivity contribution in [2.45, 2.75) is 63.8 Å². The van der Waals surface area contributed by atoms with Crippen LogP contribution in [0, 0.1) is 0 Å². The monoisotopic (exact) mass is 223 g/mol. The van der Waals surface area contributed by atoms with Gasteiger partial charge >= 0.3 is 0 Å². The Morgan fingerprint density at radius 2 is 1.44 bits per heavy atom. The van der Waals surface area contributed by atoms with Crippen molar-refractivity contribution in [1.82, 2.24) is 4.90 Å². The highest BCUT2D eigenvalue weighted by Gasteiger charge is 2.15. The van der Waals surface area contributed by atoms with Crippen LogP contribution < -0.4 is 5.73 Å². The summed E-state index contributed by atoms with van der Waals surface area (Å²) in [6, 6.07) is 0.504. The van der Waals surface area contributed by atoms with Crippen LogP contribution in [0.3, 0.4) is 0 Å². The lowest BCUT2D eigenvalue weighted by Gasteiger charge is -2.28. The van der Waals surface area contributed by atoms with Gasteiger partial charge in [-0.1, -0.05) is 25.7 Å². The predicted molar refractivity (Wildman–Crippen MR) is 68.5 cm³/mol. The average molecular weight is 223 g/mol. The van der Waals surface area contributed by atoms with Crippen LogP contribution in [0.5, 0.6) is 0 Å². The molecule has 1 saturated heterocycles. The normalized spacial score (nSPS) is 25.5. The van der Waals surface area contributed by atoms with Crippen molar-refractivity contribution in [3.8, 4) is 0 Å². The Morgan fingerprint density at radius 3 is 2.06 bits per heavy atom. The van der Waals surface area contributed by atoms with E-state index in [1.807, 2.05) is 0 Å². The molecule has 16 heavy (non-hydrogen) atoms. The van der Waals surface area contributed by atoms with Gasteiger partial charge in [0.2, 0.25) is 0 Å². The van der Waals surface area contributed by atoms with Crippen molar-refractivity contribution in [3.63, 3.8) is 0 Å². The van der Waals surface area contributed by atoms with Crippen LogP contribution in [-0.2, 0) is 0 Å². The van der Waals surface area contributed by atoms with Crippen molar-refractivity contribution < 1.29 is 0 Å². The fourth-order valence-corrected chi connectivity index (χ4v) is 2.78. The summed E-state index contributed by atoms with van der Waals surface area (Å²) in [5.74, 6) is 0.812. The minimum atomic E-state index is 0.504. The van der Waals surface area contributed by atoms with E-state index in [9.17, 15) is 0 Å². The van der Waals surface area contributed by atoms with E-state index in [1.54, 1.807) is 0 Å². The number of hydrogen-bond donors (Lipinski definition) is 1. The van der Waals surface area contributed by atoms with Gasteiger partial charge in [-0.25, -0.2) is 4.99 Å². The lowest BCUT2D eigenvalue weighted by Crippen LogP contribution is -2.41. The molecule has 0 aromatic rings. The molecule has 1 saturated carbocycles. The van der Waals surface area contributed by atoms with Gasteiger partial charge in [0.15, 0.2) is 5.96 Å². The molecule has 3 heteroatoms. The SMILES string of the molecule is NC(=NC1CCCCCC1)N1CCCCC1. The van der Waals surface area contributed by atoms with Crippen molar-refractivity contribution in [1.29, 1.82) is 0 Å². The van der Waals surface area contributed by atoms with Gasteiger partial charge in [-0.2, -0.15) is 0 Å². The van der Waals surface area contributed by atoms with Gasteiger partial charge in [0.1, 0.15) is 0 Å². The minimum Gasteiger partial charge on any atom is -0.370 e. The van der Waals surface area contributed by atoms with Gasteiger partial charge in [-0.05, 0) is 32.1 Å². The van der Waals surface area contributed by atoms with E-state index in [-0.39, 0.29) is 0 Å². The van der Waals surface area contributed by atoms with E-state index in [0.29, 0.717) is 6.04 Å². The van der Waals surface area contributed by atoms with E-state index < -0.39 is 0 Å². The molecule has 2 rings (SSSR count). The number of aliphatic imine (C=N–C) groups is 1. The fourth-order valence-electron chi connectivity index (χ4n) is 2.78. The number of hydrogen-bond acceptors (Lipinski definition) is 1. The highest BCUT2D eigenvalue weighted by molar-refractivity contribution is 5.78. The second-order valence-electron chi connectivity index (χ2n) is 5.18. The maximum atomic E-state index is 6.11. The number of rotatable bonds is 1. The van der Waals surface area contributed by atoms with Crippen molar-refractivity contribution in [3.05, 3.63) is 0 Å². The van der Waals surface area contributed by atoms with Crippen molar-refractivity contribution in [2.75, 3.05) is 13.1 Å². The molecule has 2 aliphatic rings. The van der Waals surface area contributed by atoms with Crippen LogP contribution in [0.4, 0.5) is 0 Å². The summed E-state index contributed by atoms with van der Waals surface area (Å²) in [6.07, 6.45) is 11.8. The summed E-state index contributed by atoms with van der Waals surface area (Å²) in [4.78, 5) is 7.01. The summed E-state index contributed by atoms with van der Waals surface area (Å²) in [5, 5.41) is 0. The van der Waals surface area contributed by atoms with Crippen LogP contribution in [0.2, 0.25) is 0 Å². The summed E-state index contributed by atoms with van der Waals surface area (Å²) in [5.41, 5.74) is 6.11. The molecule has 0 aromatic heterocycles. The molecule has 1 heterocycles. The van der Waals surface area contributed by atoms with Gasteiger partial charge in [0, 0.05) is 13.1 Å². The molecule has 2 N–H and O–H groups in total. The highest BCUT2D eigenvalue weighted by Crippen LogP contribution is 2.20. The average Bonchev–Trinajstić information content (AvgIpc) is 2.59. The third-order valence-electron chi connectivity index (χ3n) is 3.82. The third-order valence-corrected chi connectivity index (χ3v) is 3.82. The maximum Gasteiger partial charge on any atom is 0.191 e. The largest absolute Gasteiger partial charge is 0.370 e. The lowest BCUT2D eigenvalue weighted by molar-refractivity contribution is 0.336. The van der Waals surface area contributed by atoms with E-state index in [0.717, 1.165) is 19.0 Å². The second kappa shape index (κ2) is 6.12. The van der Waals surface area contributed by atoms with E-state index in [2.05, 4.69) is 4.90 Å². The molecule has 3 nitrogen and oxygen atoms in total. The third kappa shape index (κ3) is 3.39. The van der Waals surface area contributed by atoms with Gasteiger partial charge in [0.05, 0.1) is 6.04 Å². The summed E-state index contributed by atoms with van der Waals surface area (Å²) in [7, 11) is 0. The first kappa shape index (κ1) is 11.7. The van der Waals surface area contributed by atoms with E-state index in [4.69, 9.17) is 10.7 Å². The number of guanidine groups is 1. The zero-order valence-electron chi connectivity index (χ0n) is 10.3. The summed E-state index contributed by atoms with van der Waals surface area (Å²) < 4.78 is 0. The molecule has 2 fully saturated rings. The van der Waals surface area contributed by atoms with Gasteiger partial charge in [0.25, 0.3) is 0 Å². The molecule has 1 aliphatic carbocycles. The molecule has 0 amide bonds. The summed E-state index contributed by atoms with van der Waals surface area (Å²) in [6.45, 7) is 2.23. The zero-order valence-corrected chi connectivity index (χ0v) is 10.3. The molecule has 92 valence electrons. The number of likely N-dealkylation sites (tertiary alicyclic amines) is 1. The van der Waals surface area contributed by atoms with Gasteiger partial charge < -0.3 is 10.6 Å². The smallest absolute Gasteiger partial charge is 0.191 e. The molecule has 0 bridgehead atoms. The van der Waals surface area contributed by atoms with Crippen LogP contribution in [0.25, 0.3) is 0 Å². The Balaban J connectivity index is 1.87. The topological polar surface area (TPSA) is 41.6 Å². The molecule has 0 aromatic carbocycles. The quantitative estimate of drug-likeness (QED) is 0.421. The van der Waals surface area contributed by atoms with Crippen LogP contribution in [-0.4, -0.2) is 30.0 Å². The molecular weight excluding hydrogens is 198 g/mol. The van der Waals surface area contributed by atoms with Crippen LogP contribution in [0.1, 0.15) is 57.8 Å². The Morgan fingerprint density at radius 1 is 0.875 bits per heavy atom. The zero-order chi connectivity index (χ0) is 11.2. The Kier molecular flexibility index (Phi) is 4.49. The molecule has 0 atom stereocenters. The molecular formula is C13H25N3. The predicted octanol–water partition coefficient (Wildman–Crippen LogP) is 2.51. The molecule has 0 radical (unpaired) electrons. The first-order valence-corrected chi connectivity index (χ1v) is 6.94. The number of nitrogens with zero attached hydrogens (tertiary/aromatic N) is 2. The Labute approximate surface area is 99.1 Å². The first-order chi connectivity index (χ1) is 7.86. The van der Waals surface area contributed by atoms with E-state index >= 15 is 0 Å². The molecule has 1 aliphatic heterocycles. The maximum absolute atomic E-state index is 6.11. The van der Waals surface area contributed by atoms with Gasteiger partial charge in [-0.3, -0.25) is 0 Å². The fraction of sp³-hybridized carbons (Fsp3) is 0.923. The molecule has 0 spiro atoms. The standard InChI is InChI=1S/C13H25N3/c14-13(16-10-6-3-7-11-16)15-12-8-4-1-2-5-9-12/h12H,1-11H2,(H2,14,15). The van der Waals surface area contributed by atoms with Gasteiger partial charge in [-0.15, -0.1) is 0 Å². The lowest BCUT2D eigenvalue weighted by atomic mass is 10.1. The van der Waals surface area contributed by atoms with Crippen LogP contribution >= 0.6 is 0 Å². The minimum absolute atomic E-state index is 0.504. The second-order valence-corrected chi connectivity index (χ2v) is 5.18. The Hall–Kier alpha value is -0.730.